The van der Waals surface area contributed by atoms with Crippen molar-refractivity contribution in [1.29, 1.82) is 0 Å². The maximum Gasteiger partial charge on any atom is -0.0305 e. The van der Waals surface area contributed by atoms with Crippen LogP contribution in [0.3, 0.4) is 0 Å². The average Bonchev–Trinajstić information content (AvgIpc) is 0.932. The van der Waals surface area contributed by atoms with Gasteiger partial charge in [0.2, 0.25) is 0 Å². The van der Waals surface area contributed by atoms with Crippen molar-refractivity contribution in [2.75, 3.05) is 0 Å². The van der Waals surface area contributed by atoms with Crippen LogP contribution in [0.15, 0.2) is 400 Å². The van der Waals surface area contributed by atoms with Gasteiger partial charge in [0.05, 0.1) is 0 Å². The maximum atomic E-state index is 2.37. The van der Waals surface area contributed by atoms with Crippen LogP contribution in [0.5, 0.6) is 0 Å². The molecule has 126 heavy (non-hydrogen) atoms. The van der Waals surface area contributed by atoms with E-state index in [0.29, 0.717) is 0 Å². The van der Waals surface area contributed by atoms with E-state index in [0.717, 1.165) is 31.1 Å². The lowest BCUT2D eigenvalue weighted by molar-refractivity contribution is 0.308. The Morgan fingerprint density at radius 3 is 0.484 bits per heavy atom. The summed E-state index contributed by atoms with van der Waals surface area (Å²) in [4.78, 5) is 0. The molecule has 1 saturated carbocycles. The number of aryl methyl sites for hydroxylation is 24. The summed E-state index contributed by atoms with van der Waals surface area (Å²) in [5.74, 6) is 2.04. The number of hydrogen-bond donors (Lipinski definition) is 0. The Morgan fingerprint density at radius 1 is 0.159 bits per heavy atom. The molecule has 0 aromatic heterocycles. The smallest absolute Gasteiger partial charge is 0.0305 e. The molecule has 15 aromatic rings. The highest BCUT2D eigenvalue weighted by Gasteiger charge is 2.13. The molecule has 1 aliphatic rings. The summed E-state index contributed by atoms with van der Waals surface area (Å²) < 4.78 is 0. The van der Waals surface area contributed by atoms with Gasteiger partial charge in [-0.1, -0.05) is 557 Å². The zero-order valence-electron chi connectivity index (χ0n) is 82.2. The first-order valence-corrected chi connectivity index (χ1v) is 45.3. The van der Waals surface area contributed by atoms with Gasteiger partial charge in [-0.05, 0) is 221 Å². The number of hydrogen-bond acceptors (Lipinski definition) is 0. The lowest BCUT2D eigenvalue weighted by Gasteiger charge is -2.22. The SMILES string of the molecule is C.CC1CCC(C)CC1.CCc1ccc(C)cc1.CCc1cccc(C)c1.CCc1ccccc1C.Cc1ccc(C)cc1.Cc1ccc(C)cc1.Cc1cccc(C)c1.Cc1cccc(C)c1.Cc1ccccc1.Cc1ccccc1.Cc1ccccc1.Cc1ccccc1.Cc1ccccc1.Cc1ccccc1.Cc1ccccc1C.Cc1ccccc1C. The second-order valence-electron chi connectivity index (χ2n) is 33.0. The normalized spacial score (nSPS) is 11.0. The first-order chi connectivity index (χ1) is 59.9. The minimum Gasteiger partial charge on any atom is -0.0776 e. The van der Waals surface area contributed by atoms with Gasteiger partial charge in [-0.15, -0.1) is 0 Å². The third-order valence-corrected chi connectivity index (χ3v) is 20.2. The minimum atomic E-state index is 0. The minimum absolute atomic E-state index is 0. The highest BCUT2D eigenvalue weighted by molar-refractivity contribution is 5.29. The van der Waals surface area contributed by atoms with Crippen LogP contribution in [-0.2, 0) is 19.3 Å². The summed E-state index contributed by atoms with van der Waals surface area (Å²) in [5, 5.41) is 0. The lowest BCUT2D eigenvalue weighted by atomic mass is 9.84. The van der Waals surface area contributed by atoms with Crippen LogP contribution >= 0.6 is 0 Å². The molecule has 15 aromatic carbocycles. The second kappa shape index (κ2) is 73.6. The van der Waals surface area contributed by atoms with Crippen molar-refractivity contribution >= 4 is 0 Å². The predicted octanol–water partition coefficient (Wildman–Crippen LogP) is 36.9. The van der Waals surface area contributed by atoms with E-state index in [-0.39, 0.29) is 7.43 Å². The fourth-order valence-corrected chi connectivity index (χ4v) is 11.6. The van der Waals surface area contributed by atoms with Crippen LogP contribution in [0.2, 0.25) is 0 Å². The third kappa shape index (κ3) is 65.9. The van der Waals surface area contributed by atoms with E-state index in [9.17, 15) is 0 Å². The Morgan fingerprint density at radius 2 is 0.333 bits per heavy atom. The first-order valence-electron chi connectivity index (χ1n) is 45.3. The van der Waals surface area contributed by atoms with Crippen molar-refractivity contribution in [1.82, 2.24) is 0 Å². The van der Waals surface area contributed by atoms with Gasteiger partial charge >= 0.3 is 0 Å². The molecule has 16 rings (SSSR count). The van der Waals surface area contributed by atoms with Crippen molar-refractivity contribution in [2.45, 2.75) is 232 Å². The highest BCUT2D eigenvalue weighted by atomic mass is 14.2. The fraction of sp³-hybridized carbons (Fsp3) is 0.286. The molecule has 0 saturated heterocycles. The molecule has 0 bridgehead atoms. The quantitative estimate of drug-likeness (QED) is 0.165. The van der Waals surface area contributed by atoms with E-state index < -0.39 is 0 Å². The second-order valence-corrected chi connectivity index (χ2v) is 33.0. The van der Waals surface area contributed by atoms with E-state index in [1.54, 1.807) is 0 Å². The largest absolute Gasteiger partial charge is 0.0776 e. The van der Waals surface area contributed by atoms with E-state index in [1.807, 2.05) is 109 Å². The molecule has 0 spiro atoms. The first kappa shape index (κ1) is 114. The van der Waals surface area contributed by atoms with Gasteiger partial charge in [0.25, 0.3) is 0 Å². The van der Waals surface area contributed by atoms with Crippen molar-refractivity contribution in [3.63, 3.8) is 0 Å². The monoisotopic (exact) mass is 1680 g/mol. The highest BCUT2D eigenvalue weighted by Crippen LogP contribution is 2.27. The summed E-state index contributed by atoms with van der Waals surface area (Å²) in [6.07, 6.45) is 9.32. The van der Waals surface area contributed by atoms with Gasteiger partial charge in [-0.2, -0.15) is 0 Å². The van der Waals surface area contributed by atoms with Gasteiger partial charge < -0.3 is 0 Å². The predicted molar refractivity (Wildman–Crippen MR) is 568 cm³/mol. The summed E-state index contributed by atoms with van der Waals surface area (Å²) in [5.41, 5.74) is 32.5. The van der Waals surface area contributed by atoms with E-state index in [1.165, 1.54) is 159 Å². The van der Waals surface area contributed by atoms with Crippen molar-refractivity contribution in [3.8, 4) is 0 Å². The van der Waals surface area contributed by atoms with Crippen LogP contribution in [0.25, 0.3) is 0 Å². The number of rotatable bonds is 3. The zero-order valence-corrected chi connectivity index (χ0v) is 82.2. The van der Waals surface area contributed by atoms with Crippen LogP contribution in [0.1, 0.15) is 201 Å². The van der Waals surface area contributed by atoms with Gasteiger partial charge in [-0.25, -0.2) is 0 Å². The molecular formula is C126H164. The third-order valence-electron chi connectivity index (χ3n) is 20.2. The molecule has 0 unspecified atom stereocenters. The molecule has 668 valence electrons. The zero-order chi connectivity index (χ0) is 92.6. The molecule has 0 N–H and O–H groups in total. The summed E-state index contributed by atoms with van der Waals surface area (Å²) >= 11 is 0. The summed E-state index contributed by atoms with van der Waals surface area (Å²) in [7, 11) is 0. The van der Waals surface area contributed by atoms with Gasteiger partial charge in [0, 0.05) is 0 Å². The van der Waals surface area contributed by atoms with Crippen molar-refractivity contribution in [2.24, 2.45) is 11.8 Å². The molecule has 0 heteroatoms. The van der Waals surface area contributed by atoms with Crippen LogP contribution in [0.4, 0.5) is 0 Å². The average molecular weight is 1680 g/mol. The van der Waals surface area contributed by atoms with Crippen molar-refractivity contribution in [3.05, 3.63) is 534 Å². The van der Waals surface area contributed by atoms with E-state index in [2.05, 4.69) is 471 Å². The van der Waals surface area contributed by atoms with Gasteiger partial charge in [0.15, 0.2) is 0 Å². The Hall–Kier alpha value is -11.7. The molecule has 0 amide bonds. The molecule has 0 nitrogen and oxygen atoms in total. The van der Waals surface area contributed by atoms with Crippen LogP contribution in [0, 0.1) is 157 Å². The molecular weight excluding hydrogens is 1510 g/mol. The summed E-state index contributed by atoms with van der Waals surface area (Å²) in [6.45, 7) is 55.4. The lowest BCUT2D eigenvalue weighted by Crippen LogP contribution is -2.08. The van der Waals surface area contributed by atoms with E-state index in [4.69, 9.17) is 0 Å². The Labute approximate surface area is 772 Å². The van der Waals surface area contributed by atoms with Gasteiger partial charge in [0.1, 0.15) is 0 Å². The molecule has 0 atom stereocenters. The van der Waals surface area contributed by atoms with Crippen molar-refractivity contribution < 1.29 is 0 Å². The Kier molecular flexibility index (Phi) is 66.8. The molecule has 0 heterocycles. The number of benzene rings is 15. The maximum absolute atomic E-state index is 2.37. The summed E-state index contributed by atoms with van der Waals surface area (Å²) in [6, 6.07) is 138. The topological polar surface area (TPSA) is 0 Å². The Bertz CT molecular complexity index is 4420. The fourth-order valence-electron chi connectivity index (χ4n) is 11.6. The van der Waals surface area contributed by atoms with E-state index >= 15 is 0 Å². The Balaban J connectivity index is 0.00000132. The molecule has 0 aliphatic heterocycles. The van der Waals surface area contributed by atoms with Crippen LogP contribution < -0.4 is 0 Å². The molecule has 0 radical (unpaired) electrons. The standard InChI is InChI=1S/3C9H12.C8H16.6C8H10.6C7H8.CH4/c1-3-9-6-4-8(2)5-7-9;1-3-9-6-4-5-8(2)7-9;1-3-9-7-5-4-6-8(9)2;3*1-7-3-5-8(2)6-4-7;2*1-7-4-3-5-8(2)6-7;2*1-7-5-3-4-6-8(7)2;6*1-7-5-3-2-4-6-7;/h3*4-7H,3H2,1-2H3;7-8H,3-6H2,1-2H3;6*3-6H,1-2H3;6*2-6H,1H3;1H4. The van der Waals surface area contributed by atoms with Crippen LogP contribution in [-0.4, -0.2) is 0 Å². The molecule has 1 aliphatic carbocycles. The van der Waals surface area contributed by atoms with Gasteiger partial charge in [-0.3, -0.25) is 0 Å². The molecule has 1 fully saturated rings.